The molecule has 4 nitrogen and oxygen atoms in total. The summed E-state index contributed by atoms with van der Waals surface area (Å²) in [5.74, 6) is 0. The van der Waals surface area contributed by atoms with Crippen LogP contribution in [0.25, 0.3) is 132 Å². The summed E-state index contributed by atoms with van der Waals surface area (Å²) in [5.41, 5.74) is 15.9. The van der Waals surface area contributed by atoms with Gasteiger partial charge in [0.25, 0.3) is 0 Å². The molecule has 0 aliphatic rings. The zero-order valence-corrected chi connectivity index (χ0v) is 31.0. The Balaban J connectivity index is 0.950. The molecule has 0 aliphatic heterocycles. The van der Waals surface area contributed by atoms with E-state index in [1.807, 2.05) is 36.4 Å². The zero-order chi connectivity index (χ0) is 37.9. The molecule has 4 aromatic heterocycles. The Morgan fingerprint density at radius 2 is 0.448 bits per heavy atom. The number of rotatable bonds is 4. The van der Waals surface area contributed by atoms with Crippen LogP contribution in [0.3, 0.4) is 0 Å². The smallest absolute Gasteiger partial charge is 0.136 e. The van der Waals surface area contributed by atoms with Gasteiger partial charge in [0.1, 0.15) is 44.7 Å². The van der Waals surface area contributed by atoms with E-state index in [1.165, 1.54) is 11.1 Å². The highest BCUT2D eigenvalue weighted by molar-refractivity contribution is 6.27. The van der Waals surface area contributed by atoms with Crippen molar-refractivity contribution >= 4 is 87.8 Å². The van der Waals surface area contributed by atoms with Gasteiger partial charge in [-0.3, -0.25) is 0 Å². The largest absolute Gasteiger partial charge is 0.456 e. The number of fused-ring (bicyclic) bond motifs is 14. The number of furan rings is 4. The number of benzene rings is 9. The summed E-state index contributed by atoms with van der Waals surface area (Å²) in [5, 5.41) is 8.58. The fraction of sp³-hybridized carbons (Fsp3) is 0. The Bertz CT molecular complexity index is 3540. The van der Waals surface area contributed by atoms with Gasteiger partial charge < -0.3 is 17.7 Å². The summed E-state index contributed by atoms with van der Waals surface area (Å²) in [6.07, 6.45) is 0. The molecule has 0 bridgehead atoms. The van der Waals surface area contributed by atoms with Gasteiger partial charge in [-0.1, -0.05) is 103 Å². The second-order valence-electron chi connectivity index (χ2n) is 15.2. The molecule has 0 N–H and O–H groups in total. The quantitative estimate of drug-likeness (QED) is 0.180. The van der Waals surface area contributed by atoms with Crippen molar-refractivity contribution < 1.29 is 17.7 Å². The fourth-order valence-electron chi connectivity index (χ4n) is 9.13. The predicted molar refractivity (Wildman–Crippen MR) is 237 cm³/mol. The van der Waals surface area contributed by atoms with E-state index in [0.29, 0.717) is 0 Å². The van der Waals surface area contributed by atoms with Crippen molar-refractivity contribution in [2.24, 2.45) is 0 Å². The molecule has 0 radical (unpaired) electrons. The lowest BCUT2D eigenvalue weighted by Gasteiger charge is -2.07. The Hall–Kier alpha value is -7.82. The second kappa shape index (κ2) is 11.8. The van der Waals surface area contributed by atoms with Crippen molar-refractivity contribution in [2.45, 2.75) is 0 Å². The maximum Gasteiger partial charge on any atom is 0.136 e. The molecule has 13 rings (SSSR count). The van der Waals surface area contributed by atoms with Crippen LogP contribution < -0.4 is 0 Å². The van der Waals surface area contributed by atoms with E-state index in [1.54, 1.807) is 0 Å². The molecule has 0 atom stereocenters. The first-order valence-corrected chi connectivity index (χ1v) is 19.5. The molecule has 4 heteroatoms. The summed E-state index contributed by atoms with van der Waals surface area (Å²) in [6.45, 7) is 0. The van der Waals surface area contributed by atoms with Crippen LogP contribution in [0.1, 0.15) is 0 Å². The van der Waals surface area contributed by atoms with Crippen LogP contribution in [-0.4, -0.2) is 0 Å². The van der Waals surface area contributed by atoms with E-state index in [-0.39, 0.29) is 0 Å². The maximum absolute atomic E-state index is 6.47. The van der Waals surface area contributed by atoms with E-state index in [2.05, 4.69) is 146 Å². The summed E-state index contributed by atoms with van der Waals surface area (Å²) in [7, 11) is 0. The highest BCUT2D eigenvalue weighted by Crippen LogP contribution is 2.44. The molecule has 4 heterocycles. The first kappa shape index (κ1) is 31.4. The molecule has 0 fully saturated rings. The minimum Gasteiger partial charge on any atom is -0.456 e. The molecule has 0 spiro atoms. The summed E-state index contributed by atoms with van der Waals surface area (Å²) in [6, 6.07) is 63.7. The van der Waals surface area contributed by atoms with Crippen LogP contribution in [0, 0.1) is 0 Å². The van der Waals surface area contributed by atoms with Gasteiger partial charge in [0, 0.05) is 43.1 Å². The molecule has 9 aromatic carbocycles. The Labute approximate surface area is 330 Å². The SMILES string of the molecule is c1ccc(-c2ccc3oc4ccc5oc6ccc(-c7cccc(-c8ccc9oc%10ccc%11oc%12ccc(-c%13ccccc%13)cc%12c%11c%10c9c8)c7)cc6c5c4c3c2)cc1. The van der Waals surface area contributed by atoms with Crippen molar-refractivity contribution in [3.63, 3.8) is 0 Å². The van der Waals surface area contributed by atoms with Gasteiger partial charge >= 0.3 is 0 Å². The van der Waals surface area contributed by atoms with Gasteiger partial charge in [0.2, 0.25) is 0 Å². The van der Waals surface area contributed by atoms with Crippen molar-refractivity contribution in [1.29, 1.82) is 0 Å². The summed E-state index contributed by atoms with van der Waals surface area (Å²) >= 11 is 0. The van der Waals surface area contributed by atoms with E-state index >= 15 is 0 Å². The van der Waals surface area contributed by atoms with E-state index in [4.69, 9.17) is 17.7 Å². The minimum absolute atomic E-state index is 0.845. The number of hydrogen-bond donors (Lipinski definition) is 0. The predicted octanol–water partition coefficient (Wildman–Crippen LogP) is 16.0. The van der Waals surface area contributed by atoms with Crippen LogP contribution in [0.2, 0.25) is 0 Å². The summed E-state index contributed by atoms with van der Waals surface area (Å²) in [4.78, 5) is 0. The molecule has 270 valence electrons. The van der Waals surface area contributed by atoms with Crippen LogP contribution in [0.15, 0.2) is 200 Å². The van der Waals surface area contributed by atoms with Gasteiger partial charge in [0.05, 0.1) is 0 Å². The molecular formula is C54H30O4. The van der Waals surface area contributed by atoms with Gasteiger partial charge in [0.15, 0.2) is 0 Å². The summed E-state index contributed by atoms with van der Waals surface area (Å²) < 4.78 is 25.8. The molecule has 58 heavy (non-hydrogen) atoms. The van der Waals surface area contributed by atoms with Crippen LogP contribution in [0.4, 0.5) is 0 Å². The van der Waals surface area contributed by atoms with Crippen LogP contribution in [-0.2, 0) is 0 Å². The highest BCUT2D eigenvalue weighted by Gasteiger charge is 2.20. The first-order chi connectivity index (χ1) is 28.7. The molecule has 0 saturated heterocycles. The molecule has 0 unspecified atom stereocenters. The third kappa shape index (κ3) is 4.63. The molecular weight excluding hydrogens is 713 g/mol. The van der Waals surface area contributed by atoms with Crippen molar-refractivity contribution in [1.82, 2.24) is 0 Å². The lowest BCUT2D eigenvalue weighted by molar-refractivity contribution is 0.663. The van der Waals surface area contributed by atoms with E-state index in [0.717, 1.165) is 121 Å². The van der Waals surface area contributed by atoms with Gasteiger partial charge in [-0.05, 0) is 123 Å². The van der Waals surface area contributed by atoms with Crippen molar-refractivity contribution in [2.75, 3.05) is 0 Å². The lowest BCUT2D eigenvalue weighted by atomic mass is 9.96. The van der Waals surface area contributed by atoms with Gasteiger partial charge in [-0.25, -0.2) is 0 Å². The Morgan fingerprint density at radius 3 is 0.776 bits per heavy atom. The molecule has 0 aliphatic carbocycles. The van der Waals surface area contributed by atoms with Gasteiger partial charge in [-0.15, -0.1) is 0 Å². The van der Waals surface area contributed by atoms with Crippen molar-refractivity contribution in [3.8, 4) is 44.5 Å². The number of hydrogen-bond acceptors (Lipinski definition) is 4. The van der Waals surface area contributed by atoms with Crippen LogP contribution in [0.5, 0.6) is 0 Å². The van der Waals surface area contributed by atoms with Crippen LogP contribution >= 0.6 is 0 Å². The molecule has 13 aromatic rings. The topological polar surface area (TPSA) is 52.6 Å². The fourth-order valence-corrected chi connectivity index (χ4v) is 9.13. The van der Waals surface area contributed by atoms with E-state index < -0.39 is 0 Å². The molecule has 0 amide bonds. The third-order valence-electron chi connectivity index (χ3n) is 11.9. The maximum atomic E-state index is 6.47. The Morgan fingerprint density at radius 1 is 0.190 bits per heavy atom. The standard InChI is InChI=1S/C54H30O4/c1-3-8-31(9-4-1)35-14-18-43-39(27-35)51-47(55-43)22-24-49-53(51)41-29-37(16-20-45(41)57-49)33-12-7-13-34(26-33)38-17-21-46-42(30-38)54-50(58-46)25-23-48-52(54)40-28-36(15-19-44(40)56-48)32-10-5-2-6-11-32/h1-30H. The highest BCUT2D eigenvalue weighted by atomic mass is 16.3. The third-order valence-corrected chi connectivity index (χ3v) is 11.9. The van der Waals surface area contributed by atoms with Crippen molar-refractivity contribution in [3.05, 3.63) is 182 Å². The minimum atomic E-state index is 0.845. The Kier molecular flexibility index (Phi) is 6.41. The first-order valence-electron chi connectivity index (χ1n) is 19.5. The normalized spacial score (nSPS) is 12.1. The lowest BCUT2D eigenvalue weighted by Crippen LogP contribution is -1.82. The van der Waals surface area contributed by atoms with E-state index in [9.17, 15) is 0 Å². The molecule has 0 saturated carbocycles. The average Bonchev–Trinajstić information content (AvgIpc) is 4.05. The zero-order valence-electron chi connectivity index (χ0n) is 31.0. The monoisotopic (exact) mass is 742 g/mol. The second-order valence-corrected chi connectivity index (χ2v) is 15.2. The van der Waals surface area contributed by atoms with Gasteiger partial charge in [-0.2, -0.15) is 0 Å². The average molecular weight is 743 g/mol.